The molecule has 0 spiro atoms. The summed E-state index contributed by atoms with van der Waals surface area (Å²) in [6.45, 7) is 1.72. The quantitative estimate of drug-likeness (QED) is 0.802. The molecule has 0 radical (unpaired) electrons. The van der Waals surface area contributed by atoms with E-state index in [1.165, 1.54) is 0 Å². The van der Waals surface area contributed by atoms with Crippen molar-refractivity contribution in [2.75, 3.05) is 0 Å². The molecule has 3 nitrogen and oxygen atoms in total. The summed E-state index contributed by atoms with van der Waals surface area (Å²) in [6, 6.07) is 11.1. The van der Waals surface area contributed by atoms with Gasteiger partial charge < -0.3 is 10.1 Å². The van der Waals surface area contributed by atoms with Gasteiger partial charge in [-0.1, -0.05) is 30.3 Å². The van der Waals surface area contributed by atoms with E-state index in [0.29, 0.717) is 11.1 Å². The van der Waals surface area contributed by atoms with Crippen LogP contribution in [-0.4, -0.2) is 10.1 Å². The predicted molar refractivity (Wildman–Crippen MR) is 62.3 cm³/mol. The summed E-state index contributed by atoms with van der Waals surface area (Å²) < 4.78 is 0. The molecule has 0 bridgehead atoms. The van der Waals surface area contributed by atoms with Gasteiger partial charge in [-0.05, 0) is 18.6 Å². The largest absolute Gasteiger partial charge is 0.384 e. The fraction of sp³-hybridized carbons (Fsp3) is 0.154. The molecule has 1 unspecified atom stereocenters. The van der Waals surface area contributed by atoms with E-state index >= 15 is 0 Å². The highest BCUT2D eigenvalue weighted by Gasteiger charge is 2.10. The topological polar surface area (TPSA) is 53.1 Å². The predicted octanol–water partition coefficient (Wildman–Crippen LogP) is 1.77. The van der Waals surface area contributed by atoms with Crippen LogP contribution in [0.4, 0.5) is 0 Å². The van der Waals surface area contributed by atoms with E-state index in [2.05, 4.69) is 4.98 Å². The first-order valence-electron chi connectivity index (χ1n) is 5.11. The van der Waals surface area contributed by atoms with E-state index in [1.54, 1.807) is 19.2 Å². The van der Waals surface area contributed by atoms with E-state index in [-0.39, 0.29) is 5.56 Å². The first-order valence-corrected chi connectivity index (χ1v) is 5.11. The Morgan fingerprint density at radius 3 is 2.50 bits per heavy atom. The lowest BCUT2D eigenvalue weighted by molar-refractivity contribution is 0.219. The molecule has 1 aromatic carbocycles. The Kier molecular flexibility index (Phi) is 2.88. The van der Waals surface area contributed by atoms with Crippen LogP contribution in [0.5, 0.6) is 0 Å². The molecule has 2 N–H and O–H groups in total. The smallest absolute Gasteiger partial charge is 0.250 e. The highest BCUT2D eigenvalue weighted by molar-refractivity contribution is 5.29. The first kappa shape index (κ1) is 10.6. The number of aryl methyl sites for hydroxylation is 1. The summed E-state index contributed by atoms with van der Waals surface area (Å²) in [5, 5.41) is 10.1. The van der Waals surface area contributed by atoms with Crippen molar-refractivity contribution >= 4 is 0 Å². The molecule has 2 aromatic rings. The lowest BCUT2D eigenvalue weighted by Gasteiger charge is -2.11. The van der Waals surface area contributed by atoms with Gasteiger partial charge >= 0.3 is 0 Å². The van der Waals surface area contributed by atoms with E-state index in [0.717, 1.165) is 5.56 Å². The average Bonchev–Trinajstić information content (AvgIpc) is 2.33. The maximum absolute atomic E-state index is 11.2. The number of rotatable bonds is 2. The number of hydrogen-bond acceptors (Lipinski definition) is 2. The molecule has 0 amide bonds. The zero-order chi connectivity index (χ0) is 11.5. The lowest BCUT2D eigenvalue weighted by atomic mass is 10.0. The second-order valence-corrected chi connectivity index (χ2v) is 3.76. The molecule has 2 rings (SSSR count). The second kappa shape index (κ2) is 4.33. The van der Waals surface area contributed by atoms with Crippen LogP contribution in [0.2, 0.25) is 0 Å². The third kappa shape index (κ3) is 2.04. The average molecular weight is 215 g/mol. The molecule has 0 saturated carbocycles. The van der Waals surface area contributed by atoms with Crippen molar-refractivity contribution in [3.05, 3.63) is 69.6 Å². The summed E-state index contributed by atoms with van der Waals surface area (Å²) in [6.07, 6.45) is 0.851. The SMILES string of the molecule is Cc1cc(C(O)c2ccccc2)c[nH]c1=O. The van der Waals surface area contributed by atoms with Gasteiger partial charge in [-0.2, -0.15) is 0 Å². The van der Waals surface area contributed by atoms with Gasteiger partial charge in [0.2, 0.25) is 0 Å². The van der Waals surface area contributed by atoms with Crippen molar-refractivity contribution in [3.8, 4) is 0 Å². The van der Waals surface area contributed by atoms with Crippen LogP contribution in [0.3, 0.4) is 0 Å². The molecule has 16 heavy (non-hydrogen) atoms. The van der Waals surface area contributed by atoms with Gasteiger partial charge in [0.05, 0.1) is 0 Å². The van der Waals surface area contributed by atoms with Crippen LogP contribution >= 0.6 is 0 Å². The van der Waals surface area contributed by atoms with Crippen LogP contribution in [0.25, 0.3) is 0 Å². The molecular weight excluding hydrogens is 202 g/mol. The molecule has 0 saturated heterocycles. The van der Waals surface area contributed by atoms with Gasteiger partial charge in [0.25, 0.3) is 5.56 Å². The van der Waals surface area contributed by atoms with E-state index in [1.807, 2.05) is 30.3 Å². The summed E-state index contributed by atoms with van der Waals surface area (Å²) in [5.74, 6) is 0. The fourth-order valence-electron chi connectivity index (χ4n) is 1.61. The van der Waals surface area contributed by atoms with Crippen LogP contribution in [-0.2, 0) is 0 Å². The maximum atomic E-state index is 11.2. The van der Waals surface area contributed by atoms with Gasteiger partial charge in [0, 0.05) is 17.3 Å². The monoisotopic (exact) mass is 215 g/mol. The van der Waals surface area contributed by atoms with Gasteiger partial charge in [-0.15, -0.1) is 0 Å². The first-order chi connectivity index (χ1) is 7.68. The third-order valence-corrected chi connectivity index (χ3v) is 2.54. The molecule has 82 valence electrons. The number of pyridine rings is 1. The molecule has 0 aliphatic heterocycles. The van der Waals surface area contributed by atoms with Crippen LogP contribution in [0.1, 0.15) is 22.8 Å². The number of aliphatic hydroxyl groups excluding tert-OH is 1. The minimum atomic E-state index is -0.697. The van der Waals surface area contributed by atoms with E-state index in [9.17, 15) is 9.90 Å². The normalized spacial score (nSPS) is 12.4. The summed E-state index contributed by atoms with van der Waals surface area (Å²) >= 11 is 0. The number of hydrogen-bond donors (Lipinski definition) is 2. The highest BCUT2D eigenvalue weighted by Crippen LogP contribution is 2.20. The molecule has 0 aliphatic carbocycles. The van der Waals surface area contributed by atoms with Crippen molar-refractivity contribution in [1.82, 2.24) is 4.98 Å². The zero-order valence-electron chi connectivity index (χ0n) is 8.97. The maximum Gasteiger partial charge on any atom is 0.250 e. The Morgan fingerprint density at radius 1 is 1.19 bits per heavy atom. The minimum absolute atomic E-state index is 0.121. The van der Waals surface area contributed by atoms with Crippen molar-refractivity contribution in [3.63, 3.8) is 0 Å². The molecule has 1 aromatic heterocycles. The number of nitrogens with one attached hydrogen (secondary N) is 1. The molecule has 1 atom stereocenters. The van der Waals surface area contributed by atoms with E-state index < -0.39 is 6.10 Å². The summed E-state index contributed by atoms with van der Waals surface area (Å²) in [4.78, 5) is 13.8. The van der Waals surface area contributed by atoms with Gasteiger partial charge in [-0.3, -0.25) is 4.79 Å². The number of benzene rings is 1. The van der Waals surface area contributed by atoms with Gasteiger partial charge in [-0.25, -0.2) is 0 Å². The van der Waals surface area contributed by atoms with Gasteiger partial charge in [0.1, 0.15) is 6.10 Å². The Bertz CT molecular complexity index is 531. The Balaban J connectivity index is 2.38. The number of H-pyrrole nitrogens is 1. The third-order valence-electron chi connectivity index (χ3n) is 2.54. The summed E-state index contributed by atoms with van der Waals surface area (Å²) in [7, 11) is 0. The molecule has 1 heterocycles. The summed E-state index contributed by atoms with van der Waals surface area (Å²) in [5.41, 5.74) is 1.99. The zero-order valence-corrected chi connectivity index (χ0v) is 8.97. The van der Waals surface area contributed by atoms with Crippen LogP contribution in [0.15, 0.2) is 47.4 Å². The van der Waals surface area contributed by atoms with Crippen molar-refractivity contribution in [2.45, 2.75) is 13.0 Å². The van der Waals surface area contributed by atoms with Crippen molar-refractivity contribution in [2.24, 2.45) is 0 Å². The Hall–Kier alpha value is -1.87. The molecule has 3 heteroatoms. The Morgan fingerprint density at radius 2 is 1.88 bits per heavy atom. The number of aromatic nitrogens is 1. The Labute approximate surface area is 93.4 Å². The van der Waals surface area contributed by atoms with Crippen molar-refractivity contribution < 1.29 is 5.11 Å². The second-order valence-electron chi connectivity index (χ2n) is 3.76. The van der Waals surface area contributed by atoms with Crippen LogP contribution in [0, 0.1) is 6.92 Å². The molecular formula is C13H13NO2. The van der Waals surface area contributed by atoms with Crippen molar-refractivity contribution in [1.29, 1.82) is 0 Å². The van der Waals surface area contributed by atoms with E-state index in [4.69, 9.17) is 0 Å². The number of aliphatic hydroxyl groups is 1. The van der Waals surface area contributed by atoms with Gasteiger partial charge in [0.15, 0.2) is 0 Å². The number of aromatic amines is 1. The minimum Gasteiger partial charge on any atom is -0.384 e. The van der Waals surface area contributed by atoms with Crippen LogP contribution < -0.4 is 5.56 Å². The molecule has 0 fully saturated rings. The fourth-order valence-corrected chi connectivity index (χ4v) is 1.61. The lowest BCUT2D eigenvalue weighted by Crippen LogP contribution is -2.11. The standard InChI is InChI=1S/C13H13NO2/c1-9-7-11(8-14-13(9)16)12(15)10-5-3-2-4-6-10/h2-8,12,15H,1H3,(H,14,16). The highest BCUT2D eigenvalue weighted by atomic mass is 16.3. The molecule has 0 aliphatic rings.